The summed E-state index contributed by atoms with van der Waals surface area (Å²) in [6.07, 6.45) is 1.50. The number of anilines is 4. The van der Waals surface area contributed by atoms with Gasteiger partial charge in [0.25, 0.3) is 0 Å². The molecule has 0 saturated carbocycles. The molecule has 0 aliphatic carbocycles. The Morgan fingerprint density at radius 2 is 2.00 bits per heavy atom. The topological polar surface area (TPSA) is 126 Å². The van der Waals surface area contributed by atoms with Gasteiger partial charge in [-0.2, -0.15) is 5.26 Å². The Hall–Kier alpha value is -4.29. The number of aromatic nitrogens is 1. The second-order valence-electron chi connectivity index (χ2n) is 7.71. The van der Waals surface area contributed by atoms with Gasteiger partial charge in [-0.25, -0.2) is 4.98 Å². The van der Waals surface area contributed by atoms with E-state index in [0.717, 1.165) is 30.0 Å². The lowest BCUT2D eigenvalue weighted by molar-refractivity contribution is 0.0999. The Kier molecular flexibility index (Phi) is 7.10. The van der Waals surface area contributed by atoms with Gasteiger partial charge in [0.1, 0.15) is 17.6 Å². The van der Waals surface area contributed by atoms with Gasteiger partial charge in [0.15, 0.2) is 0 Å². The number of nitriles is 1. The molecule has 1 aliphatic rings. The first kappa shape index (κ1) is 22.9. The third kappa shape index (κ3) is 5.19. The van der Waals surface area contributed by atoms with Gasteiger partial charge in [-0.3, -0.25) is 4.79 Å². The first-order valence-electron chi connectivity index (χ1n) is 10.9. The fraction of sp³-hybridized carbons (Fsp3) is 0.240. The molecule has 4 N–H and O–H groups in total. The van der Waals surface area contributed by atoms with Crippen molar-refractivity contribution in [2.75, 3.05) is 48.9 Å². The fourth-order valence-corrected chi connectivity index (χ4v) is 3.80. The lowest BCUT2D eigenvalue weighted by atomic mass is 10.1. The normalized spacial score (nSPS) is 13.1. The summed E-state index contributed by atoms with van der Waals surface area (Å²) in [4.78, 5) is 18.3. The van der Waals surface area contributed by atoms with Crippen LogP contribution in [-0.4, -0.2) is 44.3 Å². The summed E-state index contributed by atoms with van der Waals surface area (Å²) in [5, 5.41) is 16.0. The maximum absolute atomic E-state index is 11.7. The van der Waals surface area contributed by atoms with Gasteiger partial charge in [0, 0.05) is 49.2 Å². The van der Waals surface area contributed by atoms with Crippen molar-refractivity contribution in [3.63, 3.8) is 0 Å². The monoisotopic (exact) mass is 458 g/mol. The minimum absolute atomic E-state index is 0.328. The van der Waals surface area contributed by atoms with Crippen LogP contribution in [0.1, 0.15) is 21.5 Å². The minimum atomic E-state index is -0.498. The Balaban J connectivity index is 1.54. The summed E-state index contributed by atoms with van der Waals surface area (Å²) in [7, 11) is 1.62. The number of morpholine rings is 1. The maximum atomic E-state index is 11.7. The molecule has 1 aromatic heterocycles. The average Bonchev–Trinajstić information content (AvgIpc) is 2.88. The molecule has 2 heterocycles. The predicted octanol–water partition coefficient (Wildman–Crippen LogP) is 3.25. The van der Waals surface area contributed by atoms with Gasteiger partial charge < -0.3 is 30.7 Å². The number of methoxy groups -OCH3 is 1. The molecule has 1 saturated heterocycles. The number of benzene rings is 2. The number of pyridine rings is 1. The number of ether oxygens (including phenoxy) is 2. The van der Waals surface area contributed by atoms with Gasteiger partial charge in [-0.15, -0.1) is 0 Å². The van der Waals surface area contributed by atoms with E-state index in [-0.39, 0.29) is 0 Å². The summed E-state index contributed by atoms with van der Waals surface area (Å²) >= 11 is 0. The van der Waals surface area contributed by atoms with E-state index in [9.17, 15) is 10.1 Å². The van der Waals surface area contributed by atoms with E-state index in [4.69, 9.17) is 15.2 Å². The molecule has 3 aromatic rings. The van der Waals surface area contributed by atoms with Crippen molar-refractivity contribution in [1.82, 2.24) is 4.98 Å². The molecule has 4 rings (SSSR count). The molecule has 0 atom stereocenters. The van der Waals surface area contributed by atoms with E-state index in [1.54, 1.807) is 25.3 Å². The number of nitrogens with one attached hydrogen (secondary N) is 2. The van der Waals surface area contributed by atoms with Crippen LogP contribution in [0.4, 0.5) is 22.9 Å². The number of hydrogen-bond acceptors (Lipinski definition) is 8. The van der Waals surface area contributed by atoms with E-state index < -0.39 is 5.91 Å². The first-order valence-corrected chi connectivity index (χ1v) is 10.9. The molecule has 0 spiro atoms. The summed E-state index contributed by atoms with van der Waals surface area (Å²) in [6, 6.07) is 16.9. The third-order valence-electron chi connectivity index (χ3n) is 5.60. The third-order valence-corrected chi connectivity index (χ3v) is 5.60. The van der Waals surface area contributed by atoms with E-state index >= 15 is 0 Å². The smallest absolute Gasteiger partial charge is 0.249 e. The minimum Gasteiger partial charge on any atom is -0.494 e. The van der Waals surface area contributed by atoms with Crippen LogP contribution in [0.2, 0.25) is 0 Å². The molecule has 9 nitrogen and oxygen atoms in total. The quantitative estimate of drug-likeness (QED) is 0.470. The van der Waals surface area contributed by atoms with E-state index in [0.29, 0.717) is 48.1 Å². The van der Waals surface area contributed by atoms with Crippen LogP contribution in [0, 0.1) is 11.3 Å². The number of amides is 1. The SMILES string of the molecule is COc1cc(N2CCOCC2)ccc1Nc1cc(NCc2ccccc2C(N)=O)c(C#N)cn1. The maximum Gasteiger partial charge on any atom is 0.249 e. The standard InChI is InChI=1S/C25H26N6O3/c1-33-23-12-19(31-8-10-34-11-9-31)6-7-21(23)30-24-13-22(18(14-26)16-29-24)28-15-17-4-2-3-5-20(17)25(27)32/h2-7,12-13,16H,8-11,15H2,1H3,(H2,27,32)(H2,28,29,30). The van der Waals surface area contributed by atoms with Gasteiger partial charge in [0.05, 0.1) is 37.3 Å². The van der Waals surface area contributed by atoms with Crippen molar-refractivity contribution in [1.29, 1.82) is 5.26 Å². The molecule has 1 fully saturated rings. The first-order chi connectivity index (χ1) is 16.6. The number of primary amides is 1. The molecule has 0 radical (unpaired) electrons. The van der Waals surface area contributed by atoms with E-state index in [2.05, 4.69) is 26.6 Å². The van der Waals surface area contributed by atoms with Crippen LogP contribution in [0.3, 0.4) is 0 Å². The predicted molar refractivity (Wildman–Crippen MR) is 131 cm³/mol. The lowest BCUT2D eigenvalue weighted by Gasteiger charge is -2.29. The molecule has 0 bridgehead atoms. The molecule has 2 aromatic carbocycles. The second-order valence-corrected chi connectivity index (χ2v) is 7.71. The van der Waals surface area contributed by atoms with Crippen LogP contribution >= 0.6 is 0 Å². The van der Waals surface area contributed by atoms with Crippen LogP contribution in [0.25, 0.3) is 0 Å². The van der Waals surface area contributed by atoms with Crippen molar-refractivity contribution in [2.45, 2.75) is 6.54 Å². The summed E-state index contributed by atoms with van der Waals surface area (Å²) in [5.74, 6) is 0.727. The van der Waals surface area contributed by atoms with Gasteiger partial charge in [-0.05, 0) is 23.8 Å². The Morgan fingerprint density at radius 1 is 1.21 bits per heavy atom. The molecular weight excluding hydrogens is 432 g/mol. The zero-order valence-electron chi connectivity index (χ0n) is 18.9. The average molecular weight is 459 g/mol. The van der Waals surface area contributed by atoms with Crippen molar-refractivity contribution in [2.24, 2.45) is 5.73 Å². The van der Waals surface area contributed by atoms with Gasteiger partial charge >= 0.3 is 0 Å². The number of hydrogen-bond donors (Lipinski definition) is 3. The number of nitrogens with two attached hydrogens (primary N) is 1. The molecular formula is C25H26N6O3. The summed E-state index contributed by atoms with van der Waals surface area (Å²) in [6.45, 7) is 3.41. The highest BCUT2D eigenvalue weighted by Crippen LogP contribution is 2.33. The van der Waals surface area contributed by atoms with Gasteiger partial charge in [-0.1, -0.05) is 18.2 Å². The van der Waals surface area contributed by atoms with Crippen molar-refractivity contribution < 1.29 is 14.3 Å². The summed E-state index contributed by atoms with van der Waals surface area (Å²) < 4.78 is 11.0. The van der Waals surface area contributed by atoms with E-state index in [1.165, 1.54) is 6.20 Å². The fourth-order valence-electron chi connectivity index (χ4n) is 3.80. The lowest BCUT2D eigenvalue weighted by Crippen LogP contribution is -2.36. The van der Waals surface area contributed by atoms with E-state index in [1.807, 2.05) is 30.3 Å². The van der Waals surface area contributed by atoms with Crippen LogP contribution in [0.5, 0.6) is 5.75 Å². The highest BCUT2D eigenvalue weighted by atomic mass is 16.5. The number of carbonyl (C=O) groups is 1. The second kappa shape index (κ2) is 10.6. The zero-order valence-corrected chi connectivity index (χ0v) is 18.9. The Morgan fingerprint density at radius 3 is 2.74 bits per heavy atom. The molecule has 1 aliphatic heterocycles. The molecule has 174 valence electrons. The largest absolute Gasteiger partial charge is 0.494 e. The molecule has 34 heavy (non-hydrogen) atoms. The molecule has 1 amide bonds. The number of rotatable bonds is 8. The zero-order chi connectivity index (χ0) is 23.9. The van der Waals surface area contributed by atoms with Gasteiger partial charge in [0.2, 0.25) is 5.91 Å². The highest BCUT2D eigenvalue weighted by Gasteiger charge is 2.15. The van der Waals surface area contributed by atoms with Crippen molar-refractivity contribution >= 4 is 28.8 Å². The highest BCUT2D eigenvalue weighted by molar-refractivity contribution is 5.94. The van der Waals surface area contributed by atoms with Crippen LogP contribution < -0.4 is 26.0 Å². The molecule has 0 unspecified atom stereocenters. The van der Waals surface area contributed by atoms with Crippen LogP contribution in [0.15, 0.2) is 54.7 Å². The Labute approximate surface area is 198 Å². The number of nitrogens with zero attached hydrogens (tertiary/aromatic N) is 3. The molecule has 9 heteroatoms. The van der Waals surface area contributed by atoms with Crippen molar-refractivity contribution in [3.8, 4) is 11.8 Å². The Bertz CT molecular complexity index is 1220. The van der Waals surface area contributed by atoms with Crippen molar-refractivity contribution in [3.05, 3.63) is 71.4 Å². The number of carbonyl (C=O) groups excluding carboxylic acids is 1. The summed E-state index contributed by atoms with van der Waals surface area (Å²) in [5.41, 5.74) is 9.44. The van der Waals surface area contributed by atoms with Crippen LogP contribution in [-0.2, 0) is 11.3 Å².